The smallest absolute Gasteiger partial charge is 0.134 e. The quantitative estimate of drug-likeness (QED) is 0.708. The summed E-state index contributed by atoms with van der Waals surface area (Å²) in [5, 5.41) is 0. The van der Waals surface area contributed by atoms with E-state index in [0.717, 1.165) is 48.1 Å². The maximum atomic E-state index is 6.10. The van der Waals surface area contributed by atoms with Crippen molar-refractivity contribution in [2.24, 2.45) is 0 Å². The Labute approximate surface area is 130 Å². The molecule has 1 aliphatic heterocycles. The number of hydrogen-bond acceptors (Lipinski definition) is 3. The van der Waals surface area contributed by atoms with Crippen LogP contribution in [0.3, 0.4) is 0 Å². The molecule has 0 amide bonds. The number of fused-ring (bicyclic) bond motifs is 1. The highest BCUT2D eigenvalue weighted by Gasteiger charge is 2.22. The fraction of sp³-hybridized carbons (Fsp3) is 0.211. The fourth-order valence-corrected chi connectivity index (χ4v) is 2.96. The molecule has 0 aliphatic carbocycles. The van der Waals surface area contributed by atoms with E-state index in [1.54, 1.807) is 0 Å². The highest BCUT2D eigenvalue weighted by atomic mass is 16.3. The number of nitrogens with zero attached hydrogens (tertiary/aromatic N) is 2. The van der Waals surface area contributed by atoms with Gasteiger partial charge in [0.05, 0.1) is 6.54 Å². The summed E-state index contributed by atoms with van der Waals surface area (Å²) >= 11 is 0. The Bertz CT molecular complexity index is 792. The molecule has 4 rings (SSSR count). The van der Waals surface area contributed by atoms with Gasteiger partial charge in [-0.2, -0.15) is 0 Å². The number of hydrogen-bond donors (Lipinski definition) is 0. The summed E-state index contributed by atoms with van der Waals surface area (Å²) in [5.41, 5.74) is 3.51. The molecule has 22 heavy (non-hydrogen) atoms. The van der Waals surface area contributed by atoms with Crippen molar-refractivity contribution < 1.29 is 4.42 Å². The lowest BCUT2D eigenvalue weighted by molar-refractivity contribution is 0.495. The van der Waals surface area contributed by atoms with Gasteiger partial charge in [-0.05, 0) is 37.1 Å². The Morgan fingerprint density at radius 1 is 1.05 bits per heavy atom. The summed E-state index contributed by atoms with van der Waals surface area (Å²) < 4.78 is 6.10. The second kappa shape index (κ2) is 5.34. The lowest BCUT2D eigenvalue weighted by Crippen LogP contribution is -2.30. The average Bonchev–Trinajstić information content (AvgIpc) is 2.99. The van der Waals surface area contributed by atoms with E-state index in [4.69, 9.17) is 4.42 Å². The summed E-state index contributed by atoms with van der Waals surface area (Å²) in [6, 6.07) is 18.6. The Morgan fingerprint density at radius 3 is 2.73 bits per heavy atom. The second-order valence-electron chi connectivity index (χ2n) is 5.73. The van der Waals surface area contributed by atoms with Crippen molar-refractivity contribution in [2.75, 3.05) is 11.4 Å². The Hall–Kier alpha value is -2.55. The van der Waals surface area contributed by atoms with Crippen molar-refractivity contribution in [1.29, 1.82) is 0 Å². The van der Waals surface area contributed by atoms with Crippen LogP contribution in [0.15, 0.2) is 59.0 Å². The first-order valence-corrected chi connectivity index (χ1v) is 7.65. The maximum absolute atomic E-state index is 6.10. The van der Waals surface area contributed by atoms with Crippen molar-refractivity contribution in [1.82, 2.24) is 4.98 Å². The molecule has 0 atom stereocenters. The van der Waals surface area contributed by atoms with Gasteiger partial charge in [0, 0.05) is 17.8 Å². The largest absolute Gasteiger partial charge is 0.459 e. The normalized spacial score (nSPS) is 14.0. The average molecular weight is 290 g/mol. The van der Waals surface area contributed by atoms with E-state index in [9.17, 15) is 0 Å². The molecule has 0 unspecified atom stereocenters. The minimum atomic E-state index is 0.790. The maximum Gasteiger partial charge on any atom is 0.134 e. The van der Waals surface area contributed by atoms with Crippen LogP contribution in [0.1, 0.15) is 17.0 Å². The second-order valence-corrected chi connectivity index (χ2v) is 5.73. The molecule has 3 heteroatoms. The molecule has 0 bridgehead atoms. The van der Waals surface area contributed by atoms with Crippen molar-refractivity contribution in [3.05, 3.63) is 71.6 Å². The van der Waals surface area contributed by atoms with Gasteiger partial charge in [-0.25, -0.2) is 4.98 Å². The minimum Gasteiger partial charge on any atom is -0.459 e. The molecule has 0 spiro atoms. The third kappa shape index (κ3) is 2.39. The Morgan fingerprint density at radius 2 is 1.91 bits per heavy atom. The van der Waals surface area contributed by atoms with Crippen molar-refractivity contribution >= 4 is 5.82 Å². The minimum absolute atomic E-state index is 0.790. The fourth-order valence-electron chi connectivity index (χ4n) is 2.96. The van der Waals surface area contributed by atoms with Gasteiger partial charge in [0.25, 0.3) is 0 Å². The van der Waals surface area contributed by atoms with Gasteiger partial charge in [-0.15, -0.1) is 0 Å². The topological polar surface area (TPSA) is 29.3 Å². The van der Waals surface area contributed by atoms with Gasteiger partial charge in [0.15, 0.2) is 0 Å². The van der Waals surface area contributed by atoms with Crippen LogP contribution in [0.5, 0.6) is 0 Å². The van der Waals surface area contributed by atoms with Crippen LogP contribution in [-0.4, -0.2) is 11.5 Å². The number of furan rings is 1. The lowest BCUT2D eigenvalue weighted by Gasteiger charge is -2.27. The molecule has 2 aromatic heterocycles. The lowest BCUT2D eigenvalue weighted by atomic mass is 10.1. The van der Waals surface area contributed by atoms with E-state index in [2.05, 4.69) is 40.2 Å². The number of rotatable bonds is 2. The van der Waals surface area contributed by atoms with Gasteiger partial charge < -0.3 is 9.32 Å². The molecular formula is C19H18N2O. The molecule has 110 valence electrons. The summed E-state index contributed by atoms with van der Waals surface area (Å²) in [5.74, 6) is 3.06. The van der Waals surface area contributed by atoms with Gasteiger partial charge in [-0.1, -0.05) is 36.4 Å². The van der Waals surface area contributed by atoms with Gasteiger partial charge >= 0.3 is 0 Å². The van der Waals surface area contributed by atoms with Crippen LogP contribution < -0.4 is 4.90 Å². The van der Waals surface area contributed by atoms with Crippen LogP contribution in [0.25, 0.3) is 11.3 Å². The number of anilines is 1. The zero-order valence-corrected chi connectivity index (χ0v) is 12.6. The van der Waals surface area contributed by atoms with Crippen molar-refractivity contribution in [2.45, 2.75) is 19.9 Å². The molecule has 0 fully saturated rings. The van der Waals surface area contributed by atoms with Crippen molar-refractivity contribution in [3.63, 3.8) is 0 Å². The number of benzene rings is 1. The molecule has 3 aromatic rings. The molecular weight excluding hydrogens is 272 g/mol. The van der Waals surface area contributed by atoms with Crippen LogP contribution in [-0.2, 0) is 13.0 Å². The highest BCUT2D eigenvalue weighted by Crippen LogP contribution is 2.30. The van der Waals surface area contributed by atoms with Crippen LogP contribution in [0.4, 0.5) is 5.82 Å². The van der Waals surface area contributed by atoms with E-state index in [0.29, 0.717) is 0 Å². The highest BCUT2D eigenvalue weighted by molar-refractivity contribution is 5.59. The van der Waals surface area contributed by atoms with E-state index in [1.807, 2.05) is 31.2 Å². The summed E-state index contributed by atoms with van der Waals surface area (Å²) in [4.78, 5) is 6.90. The summed E-state index contributed by atoms with van der Waals surface area (Å²) in [6.07, 6.45) is 1.00. The summed E-state index contributed by atoms with van der Waals surface area (Å²) in [7, 11) is 0. The first-order chi connectivity index (χ1) is 10.8. The van der Waals surface area contributed by atoms with E-state index < -0.39 is 0 Å². The molecule has 0 saturated carbocycles. The summed E-state index contributed by atoms with van der Waals surface area (Å²) in [6.45, 7) is 3.80. The van der Waals surface area contributed by atoms with Gasteiger partial charge in [-0.3, -0.25) is 0 Å². The monoisotopic (exact) mass is 290 g/mol. The third-order valence-electron chi connectivity index (χ3n) is 4.14. The predicted octanol–water partition coefficient (Wildman–Crippen LogP) is 4.21. The molecule has 1 aliphatic rings. The van der Waals surface area contributed by atoms with E-state index >= 15 is 0 Å². The number of pyridine rings is 1. The molecule has 0 saturated heterocycles. The molecule has 0 radical (unpaired) electrons. The van der Waals surface area contributed by atoms with E-state index in [1.165, 1.54) is 5.56 Å². The first-order valence-electron chi connectivity index (χ1n) is 7.65. The molecule has 3 nitrogen and oxygen atoms in total. The zero-order valence-electron chi connectivity index (χ0n) is 12.6. The standard InChI is InChI=1S/C19H18N2O/c1-14-6-5-9-19(20-14)21-11-10-16-12-17(22-18(16)13-21)15-7-3-2-4-8-15/h2-9,12H,10-11,13H2,1H3. The van der Waals surface area contributed by atoms with Crippen LogP contribution >= 0.6 is 0 Å². The number of aryl methyl sites for hydroxylation is 1. The van der Waals surface area contributed by atoms with Crippen LogP contribution in [0, 0.1) is 6.92 Å². The Kier molecular flexibility index (Phi) is 3.19. The molecule has 0 N–H and O–H groups in total. The van der Waals surface area contributed by atoms with E-state index in [-0.39, 0.29) is 0 Å². The zero-order chi connectivity index (χ0) is 14.9. The third-order valence-corrected chi connectivity index (χ3v) is 4.14. The molecule has 1 aromatic carbocycles. The predicted molar refractivity (Wildman–Crippen MR) is 87.9 cm³/mol. The Balaban J connectivity index is 1.63. The van der Waals surface area contributed by atoms with Crippen molar-refractivity contribution in [3.8, 4) is 11.3 Å². The SMILES string of the molecule is Cc1cccc(N2CCc3cc(-c4ccccc4)oc3C2)n1. The van der Waals surface area contributed by atoms with Gasteiger partial charge in [0.2, 0.25) is 0 Å². The number of aromatic nitrogens is 1. The first kappa shape index (κ1) is 13.1. The van der Waals surface area contributed by atoms with Crippen LogP contribution in [0.2, 0.25) is 0 Å². The van der Waals surface area contributed by atoms with Gasteiger partial charge in [0.1, 0.15) is 17.3 Å². The molecule has 3 heterocycles.